The molecule has 0 unspecified atom stereocenters. The van der Waals surface area contributed by atoms with Gasteiger partial charge in [-0.15, -0.1) is 0 Å². The Morgan fingerprint density at radius 2 is 1.88 bits per heavy atom. The number of aromatic nitrogens is 1. The third kappa shape index (κ3) is 4.66. The minimum absolute atomic E-state index is 0.107. The first kappa shape index (κ1) is 22.4. The van der Waals surface area contributed by atoms with Crippen LogP contribution in [0.25, 0.3) is 21.2 Å². The molecule has 166 valence electrons. The van der Waals surface area contributed by atoms with Gasteiger partial charge in [0.2, 0.25) is 0 Å². The summed E-state index contributed by atoms with van der Waals surface area (Å²) in [6.07, 6.45) is 0. The van der Waals surface area contributed by atoms with Crippen molar-refractivity contribution in [1.82, 2.24) is 9.69 Å². The van der Waals surface area contributed by atoms with Gasteiger partial charge in [-0.2, -0.15) is 4.37 Å². The lowest BCUT2D eigenvalue weighted by atomic mass is 10.0. The van der Waals surface area contributed by atoms with Crippen molar-refractivity contribution < 1.29 is 14.6 Å². The van der Waals surface area contributed by atoms with Crippen LogP contribution < -0.4 is 20.1 Å². The Bertz CT molecular complexity index is 1230. The van der Waals surface area contributed by atoms with E-state index in [0.29, 0.717) is 29.6 Å². The normalized spacial score (nSPS) is 11.0. The average molecular weight is 470 g/mol. The van der Waals surface area contributed by atoms with Crippen molar-refractivity contribution in [1.29, 1.82) is 0 Å². The van der Waals surface area contributed by atoms with Gasteiger partial charge in [-0.1, -0.05) is 35.9 Å². The summed E-state index contributed by atoms with van der Waals surface area (Å²) >= 11 is 7.95. The van der Waals surface area contributed by atoms with Crippen LogP contribution in [0.4, 0.5) is 11.5 Å². The number of hydrogen-bond donors (Lipinski definition) is 3. The summed E-state index contributed by atoms with van der Waals surface area (Å²) in [6.45, 7) is 1.30. The second kappa shape index (κ2) is 10.2. The number of aliphatic hydroxyl groups is 1. The summed E-state index contributed by atoms with van der Waals surface area (Å²) in [5.74, 6) is 2.14. The van der Waals surface area contributed by atoms with Crippen LogP contribution in [-0.2, 0) is 6.54 Å². The molecule has 0 amide bonds. The minimum Gasteiger partial charge on any atom is -0.493 e. The van der Waals surface area contributed by atoms with Crippen molar-refractivity contribution >= 4 is 44.7 Å². The van der Waals surface area contributed by atoms with Gasteiger partial charge < -0.3 is 25.2 Å². The van der Waals surface area contributed by atoms with Crippen molar-refractivity contribution in [3.05, 3.63) is 65.2 Å². The van der Waals surface area contributed by atoms with E-state index in [1.165, 1.54) is 11.5 Å². The molecule has 8 heteroatoms. The van der Waals surface area contributed by atoms with E-state index < -0.39 is 0 Å². The standard InChI is InChI=1S/C24H24ClN3O3S/c1-30-21-9-7-16(13-22(21)31-2)17-4-3-5-18-23(17)32-28-24(18)27-20-8-6-15(12-19(20)25)14-26-10-11-29/h3-9,12-13,26,29H,10-11,14H2,1-2H3,(H,27,28). The van der Waals surface area contributed by atoms with E-state index in [0.717, 1.165) is 38.3 Å². The van der Waals surface area contributed by atoms with Crippen molar-refractivity contribution in [2.45, 2.75) is 6.54 Å². The predicted octanol–water partition coefficient (Wildman–Crippen LogP) is 5.46. The number of methoxy groups -OCH3 is 2. The number of fused-ring (bicyclic) bond motifs is 1. The molecule has 4 rings (SSSR count). The first-order valence-corrected chi connectivity index (χ1v) is 11.3. The molecule has 0 aliphatic rings. The van der Waals surface area contributed by atoms with Gasteiger partial charge in [-0.05, 0) is 53.0 Å². The van der Waals surface area contributed by atoms with E-state index in [9.17, 15) is 0 Å². The monoisotopic (exact) mass is 469 g/mol. The van der Waals surface area contributed by atoms with Gasteiger partial charge >= 0.3 is 0 Å². The van der Waals surface area contributed by atoms with E-state index in [1.54, 1.807) is 14.2 Å². The van der Waals surface area contributed by atoms with Gasteiger partial charge in [0.05, 0.1) is 36.2 Å². The van der Waals surface area contributed by atoms with E-state index in [1.807, 2.05) is 48.5 Å². The van der Waals surface area contributed by atoms with Crippen LogP contribution in [0.5, 0.6) is 11.5 Å². The number of nitrogens with zero attached hydrogens (tertiary/aromatic N) is 1. The van der Waals surface area contributed by atoms with E-state index in [2.05, 4.69) is 21.1 Å². The smallest absolute Gasteiger partial charge is 0.161 e. The molecule has 3 aromatic carbocycles. The van der Waals surface area contributed by atoms with Crippen LogP contribution in [0.1, 0.15) is 5.56 Å². The Morgan fingerprint density at radius 1 is 1.03 bits per heavy atom. The second-order valence-corrected chi connectivity index (χ2v) is 8.30. The lowest BCUT2D eigenvalue weighted by Gasteiger charge is -2.11. The lowest BCUT2D eigenvalue weighted by Crippen LogP contribution is -2.17. The highest BCUT2D eigenvalue weighted by Crippen LogP contribution is 2.40. The van der Waals surface area contributed by atoms with Gasteiger partial charge in [0.15, 0.2) is 17.3 Å². The van der Waals surface area contributed by atoms with E-state index >= 15 is 0 Å². The quantitative estimate of drug-likeness (QED) is 0.283. The van der Waals surface area contributed by atoms with Gasteiger partial charge in [0.1, 0.15) is 0 Å². The first-order chi connectivity index (χ1) is 15.6. The first-order valence-electron chi connectivity index (χ1n) is 10.1. The summed E-state index contributed by atoms with van der Waals surface area (Å²) in [4.78, 5) is 0. The van der Waals surface area contributed by atoms with Crippen LogP contribution in [0.2, 0.25) is 5.02 Å². The Labute approximate surface area is 195 Å². The molecule has 0 saturated heterocycles. The van der Waals surface area contributed by atoms with Crippen molar-refractivity contribution in [2.24, 2.45) is 0 Å². The molecule has 0 atom stereocenters. The molecule has 0 aliphatic carbocycles. The van der Waals surface area contributed by atoms with Crippen LogP contribution >= 0.6 is 23.1 Å². The second-order valence-electron chi connectivity index (χ2n) is 7.12. The Hall–Kier alpha value is -2.84. The highest BCUT2D eigenvalue weighted by atomic mass is 35.5. The molecule has 6 nitrogen and oxygen atoms in total. The van der Waals surface area contributed by atoms with Crippen molar-refractivity contribution in [3.8, 4) is 22.6 Å². The molecule has 0 fully saturated rings. The SMILES string of the molecule is COc1ccc(-c2cccc3c(Nc4ccc(CNCCO)cc4Cl)nsc23)cc1OC. The number of benzene rings is 3. The summed E-state index contributed by atoms with van der Waals surface area (Å²) in [5.41, 5.74) is 3.95. The number of nitrogens with one attached hydrogen (secondary N) is 2. The zero-order valence-electron chi connectivity index (χ0n) is 17.8. The fourth-order valence-electron chi connectivity index (χ4n) is 3.49. The largest absolute Gasteiger partial charge is 0.493 e. The predicted molar refractivity (Wildman–Crippen MR) is 132 cm³/mol. The fourth-order valence-corrected chi connectivity index (χ4v) is 4.62. The topological polar surface area (TPSA) is 75.6 Å². The maximum atomic E-state index is 8.90. The number of rotatable bonds is 9. The highest BCUT2D eigenvalue weighted by molar-refractivity contribution is 7.14. The lowest BCUT2D eigenvalue weighted by molar-refractivity contribution is 0.292. The summed E-state index contributed by atoms with van der Waals surface area (Å²) in [7, 11) is 3.26. The molecular formula is C24H24ClN3O3S. The zero-order valence-corrected chi connectivity index (χ0v) is 19.4. The van der Waals surface area contributed by atoms with E-state index in [4.69, 9.17) is 26.2 Å². The van der Waals surface area contributed by atoms with Crippen molar-refractivity contribution in [3.63, 3.8) is 0 Å². The number of ether oxygens (including phenoxy) is 2. The molecule has 0 aliphatic heterocycles. The molecule has 0 bridgehead atoms. The Kier molecular flexibility index (Phi) is 7.12. The van der Waals surface area contributed by atoms with Gasteiger partial charge in [-0.3, -0.25) is 0 Å². The van der Waals surface area contributed by atoms with E-state index in [-0.39, 0.29) is 6.61 Å². The van der Waals surface area contributed by atoms with Crippen LogP contribution in [0, 0.1) is 0 Å². The van der Waals surface area contributed by atoms with Gasteiger partial charge in [0.25, 0.3) is 0 Å². The van der Waals surface area contributed by atoms with Crippen molar-refractivity contribution in [2.75, 3.05) is 32.7 Å². The van der Waals surface area contributed by atoms with Crippen LogP contribution in [0.3, 0.4) is 0 Å². The summed E-state index contributed by atoms with van der Waals surface area (Å²) in [6, 6.07) is 17.9. The number of aliphatic hydroxyl groups excluding tert-OH is 1. The van der Waals surface area contributed by atoms with Crippen LogP contribution in [0.15, 0.2) is 54.6 Å². The molecule has 0 radical (unpaired) electrons. The molecular weight excluding hydrogens is 446 g/mol. The molecule has 1 heterocycles. The Morgan fingerprint density at radius 3 is 2.62 bits per heavy atom. The molecule has 1 aromatic heterocycles. The summed E-state index contributed by atoms with van der Waals surface area (Å²) in [5, 5.41) is 17.1. The third-order valence-electron chi connectivity index (χ3n) is 5.10. The molecule has 0 saturated carbocycles. The maximum absolute atomic E-state index is 8.90. The molecule has 3 N–H and O–H groups in total. The van der Waals surface area contributed by atoms with Crippen LogP contribution in [-0.4, -0.2) is 36.9 Å². The molecule has 0 spiro atoms. The third-order valence-corrected chi connectivity index (χ3v) is 6.31. The number of halogens is 1. The number of anilines is 2. The molecule has 32 heavy (non-hydrogen) atoms. The Balaban J connectivity index is 1.63. The minimum atomic E-state index is 0.107. The van der Waals surface area contributed by atoms with Gasteiger partial charge in [-0.25, -0.2) is 0 Å². The average Bonchev–Trinajstić information content (AvgIpc) is 3.23. The molecule has 4 aromatic rings. The number of hydrogen-bond acceptors (Lipinski definition) is 7. The summed E-state index contributed by atoms with van der Waals surface area (Å²) < 4.78 is 16.6. The zero-order chi connectivity index (χ0) is 22.5. The maximum Gasteiger partial charge on any atom is 0.161 e. The fraction of sp³-hybridized carbons (Fsp3) is 0.208. The highest BCUT2D eigenvalue weighted by Gasteiger charge is 2.14. The van der Waals surface area contributed by atoms with Gasteiger partial charge in [0, 0.05) is 24.0 Å².